The summed E-state index contributed by atoms with van der Waals surface area (Å²) in [7, 11) is 1.65. The molecule has 0 atom stereocenters. The largest absolute Gasteiger partial charge is 0.497 e. The molecule has 0 saturated carbocycles. The first kappa shape index (κ1) is 16.5. The number of hydrogen-bond donors (Lipinski definition) is 1. The van der Waals surface area contributed by atoms with E-state index in [-0.39, 0.29) is 11.3 Å². The molecule has 118 valence electrons. The fourth-order valence-electron chi connectivity index (χ4n) is 1.87. The smallest absolute Gasteiger partial charge is 0.225 e. The van der Waals surface area contributed by atoms with Gasteiger partial charge in [0.05, 0.1) is 17.8 Å². The normalized spacial score (nSPS) is 11.3. The Hall–Kier alpha value is -1.88. The minimum absolute atomic E-state index is 0.0689. The predicted octanol–water partition coefficient (Wildman–Crippen LogP) is 3.52. The number of ether oxygens (including phenoxy) is 1. The number of nitrogens with zero attached hydrogens (tertiary/aromatic N) is 1. The molecule has 0 bridgehead atoms. The molecule has 0 aliphatic carbocycles. The second-order valence-electron chi connectivity index (χ2n) is 6.11. The highest BCUT2D eigenvalue weighted by Gasteiger charge is 2.20. The molecule has 1 amide bonds. The first-order chi connectivity index (χ1) is 10.4. The van der Waals surface area contributed by atoms with Crippen molar-refractivity contribution in [2.24, 2.45) is 5.41 Å². The van der Waals surface area contributed by atoms with Crippen LogP contribution in [-0.4, -0.2) is 24.5 Å². The summed E-state index contributed by atoms with van der Waals surface area (Å²) in [6.45, 7) is 6.35. The van der Waals surface area contributed by atoms with Crippen molar-refractivity contribution in [2.45, 2.75) is 27.2 Å². The van der Waals surface area contributed by atoms with Crippen molar-refractivity contribution < 1.29 is 9.53 Å². The van der Waals surface area contributed by atoms with Gasteiger partial charge in [0.2, 0.25) is 5.91 Å². The topological polar surface area (TPSA) is 51.2 Å². The van der Waals surface area contributed by atoms with Crippen LogP contribution in [-0.2, 0) is 11.2 Å². The van der Waals surface area contributed by atoms with E-state index in [9.17, 15) is 4.79 Å². The molecule has 0 aliphatic rings. The van der Waals surface area contributed by atoms with Crippen LogP contribution in [0.5, 0.6) is 5.75 Å². The Labute approximate surface area is 135 Å². The van der Waals surface area contributed by atoms with Gasteiger partial charge in [-0.2, -0.15) is 0 Å². The number of methoxy groups -OCH3 is 1. The molecule has 0 aliphatic heterocycles. The number of rotatable bonds is 5. The zero-order chi connectivity index (χ0) is 16.2. The van der Waals surface area contributed by atoms with E-state index in [1.165, 1.54) is 0 Å². The number of hydrogen-bond acceptors (Lipinski definition) is 4. The number of thiazole rings is 1. The SMILES string of the molecule is COc1ccc(-c2csc(CCNC(=O)C(C)(C)C)n2)cc1. The lowest BCUT2D eigenvalue weighted by Gasteiger charge is -2.17. The summed E-state index contributed by atoms with van der Waals surface area (Å²) in [5.41, 5.74) is 1.68. The first-order valence-corrected chi connectivity index (χ1v) is 8.15. The molecule has 0 spiro atoms. The van der Waals surface area contributed by atoms with E-state index in [1.807, 2.05) is 50.4 Å². The summed E-state index contributed by atoms with van der Waals surface area (Å²) < 4.78 is 5.16. The molecule has 0 unspecified atom stereocenters. The van der Waals surface area contributed by atoms with Gasteiger partial charge in [0.15, 0.2) is 0 Å². The summed E-state index contributed by atoms with van der Waals surface area (Å²) in [5.74, 6) is 0.906. The highest BCUT2D eigenvalue weighted by molar-refractivity contribution is 7.09. The van der Waals surface area contributed by atoms with E-state index in [0.717, 1.165) is 28.4 Å². The van der Waals surface area contributed by atoms with E-state index in [1.54, 1.807) is 18.4 Å². The number of carbonyl (C=O) groups excluding carboxylic acids is 1. The van der Waals surface area contributed by atoms with Crippen LogP contribution in [0.2, 0.25) is 0 Å². The van der Waals surface area contributed by atoms with Crippen molar-refractivity contribution in [3.05, 3.63) is 34.7 Å². The Morgan fingerprint density at radius 1 is 1.27 bits per heavy atom. The average molecular weight is 318 g/mol. The Kier molecular flexibility index (Phi) is 5.19. The summed E-state index contributed by atoms with van der Waals surface area (Å²) in [6.07, 6.45) is 0.753. The zero-order valence-electron chi connectivity index (χ0n) is 13.5. The molecule has 0 saturated heterocycles. The molecule has 2 aromatic rings. The van der Waals surface area contributed by atoms with Gasteiger partial charge in [-0.3, -0.25) is 4.79 Å². The van der Waals surface area contributed by atoms with E-state index >= 15 is 0 Å². The number of benzene rings is 1. The minimum atomic E-state index is -0.350. The fourth-order valence-corrected chi connectivity index (χ4v) is 2.68. The molecule has 1 aromatic carbocycles. The van der Waals surface area contributed by atoms with Gasteiger partial charge in [0.25, 0.3) is 0 Å². The first-order valence-electron chi connectivity index (χ1n) is 7.27. The maximum Gasteiger partial charge on any atom is 0.225 e. The highest BCUT2D eigenvalue weighted by Crippen LogP contribution is 2.24. The Morgan fingerprint density at radius 3 is 2.55 bits per heavy atom. The maximum absolute atomic E-state index is 11.8. The minimum Gasteiger partial charge on any atom is -0.497 e. The molecule has 1 N–H and O–H groups in total. The van der Waals surface area contributed by atoms with Crippen molar-refractivity contribution >= 4 is 17.2 Å². The molecule has 22 heavy (non-hydrogen) atoms. The van der Waals surface area contributed by atoms with Crippen LogP contribution in [0.25, 0.3) is 11.3 Å². The molecule has 1 aromatic heterocycles. The number of carbonyl (C=O) groups is 1. The van der Waals surface area contributed by atoms with Crippen LogP contribution < -0.4 is 10.1 Å². The molecule has 0 fully saturated rings. The monoisotopic (exact) mass is 318 g/mol. The van der Waals surface area contributed by atoms with Gasteiger partial charge in [-0.1, -0.05) is 20.8 Å². The van der Waals surface area contributed by atoms with E-state index < -0.39 is 0 Å². The lowest BCUT2D eigenvalue weighted by atomic mass is 9.96. The molecule has 5 heteroatoms. The lowest BCUT2D eigenvalue weighted by Crippen LogP contribution is -2.35. The lowest BCUT2D eigenvalue weighted by molar-refractivity contribution is -0.128. The van der Waals surface area contributed by atoms with Crippen LogP contribution in [0.4, 0.5) is 0 Å². The third-order valence-electron chi connectivity index (χ3n) is 3.24. The van der Waals surface area contributed by atoms with Crippen molar-refractivity contribution in [3.63, 3.8) is 0 Å². The van der Waals surface area contributed by atoms with E-state index in [4.69, 9.17) is 4.74 Å². The molecule has 0 radical (unpaired) electrons. The van der Waals surface area contributed by atoms with Crippen molar-refractivity contribution in [2.75, 3.05) is 13.7 Å². The van der Waals surface area contributed by atoms with Gasteiger partial charge in [-0.25, -0.2) is 4.98 Å². The predicted molar refractivity (Wildman–Crippen MR) is 90.3 cm³/mol. The Morgan fingerprint density at radius 2 is 1.95 bits per heavy atom. The number of aromatic nitrogens is 1. The Bertz CT molecular complexity index is 627. The zero-order valence-corrected chi connectivity index (χ0v) is 14.3. The van der Waals surface area contributed by atoms with Gasteiger partial charge in [-0.15, -0.1) is 11.3 Å². The molecule has 1 heterocycles. The fraction of sp³-hybridized carbons (Fsp3) is 0.412. The molecular weight excluding hydrogens is 296 g/mol. The summed E-state index contributed by atoms with van der Waals surface area (Å²) in [4.78, 5) is 16.4. The molecule has 4 nitrogen and oxygen atoms in total. The summed E-state index contributed by atoms with van der Waals surface area (Å²) in [5, 5.41) is 6.02. The quantitative estimate of drug-likeness (QED) is 0.917. The van der Waals surface area contributed by atoms with Crippen LogP contribution in [0.15, 0.2) is 29.6 Å². The third-order valence-corrected chi connectivity index (χ3v) is 4.15. The summed E-state index contributed by atoms with van der Waals surface area (Å²) >= 11 is 1.62. The van der Waals surface area contributed by atoms with Gasteiger partial charge >= 0.3 is 0 Å². The van der Waals surface area contributed by atoms with Crippen LogP contribution in [0.3, 0.4) is 0 Å². The average Bonchev–Trinajstić information content (AvgIpc) is 2.95. The van der Waals surface area contributed by atoms with Gasteiger partial charge < -0.3 is 10.1 Å². The van der Waals surface area contributed by atoms with E-state index in [2.05, 4.69) is 10.3 Å². The molecule has 2 rings (SSSR count). The van der Waals surface area contributed by atoms with Crippen molar-refractivity contribution in [1.29, 1.82) is 0 Å². The van der Waals surface area contributed by atoms with Gasteiger partial charge in [-0.05, 0) is 24.3 Å². The van der Waals surface area contributed by atoms with Crippen LogP contribution in [0.1, 0.15) is 25.8 Å². The van der Waals surface area contributed by atoms with Crippen LogP contribution >= 0.6 is 11.3 Å². The van der Waals surface area contributed by atoms with Gasteiger partial charge in [0.1, 0.15) is 5.75 Å². The second-order valence-corrected chi connectivity index (χ2v) is 7.05. The van der Waals surface area contributed by atoms with E-state index in [0.29, 0.717) is 6.54 Å². The summed E-state index contributed by atoms with van der Waals surface area (Å²) in [6, 6.07) is 7.86. The van der Waals surface area contributed by atoms with Gasteiger partial charge in [0, 0.05) is 29.3 Å². The van der Waals surface area contributed by atoms with Crippen LogP contribution in [0, 0.1) is 5.41 Å². The number of nitrogens with one attached hydrogen (secondary N) is 1. The van der Waals surface area contributed by atoms with Crippen molar-refractivity contribution in [3.8, 4) is 17.0 Å². The number of amides is 1. The second kappa shape index (κ2) is 6.92. The van der Waals surface area contributed by atoms with Crippen molar-refractivity contribution in [1.82, 2.24) is 10.3 Å². The Balaban J connectivity index is 1.92. The molecular formula is C17H22N2O2S. The maximum atomic E-state index is 11.8. The standard InChI is InChI=1S/C17H22N2O2S/c1-17(2,3)16(20)18-10-9-15-19-14(11-22-15)12-5-7-13(21-4)8-6-12/h5-8,11H,9-10H2,1-4H3,(H,18,20). The third kappa shape index (κ3) is 4.31. The highest BCUT2D eigenvalue weighted by atomic mass is 32.1.